The summed E-state index contributed by atoms with van der Waals surface area (Å²) in [6, 6.07) is 8.79. The van der Waals surface area contributed by atoms with Crippen LogP contribution in [0.25, 0.3) is 0 Å². The number of fused-ring (bicyclic) bond motifs is 1. The summed E-state index contributed by atoms with van der Waals surface area (Å²) in [5.74, 6) is -0.0889. The van der Waals surface area contributed by atoms with Crippen LogP contribution in [0.3, 0.4) is 0 Å². The van der Waals surface area contributed by atoms with Gasteiger partial charge in [-0.05, 0) is 43.2 Å². The SMILES string of the molecule is Cc1cccc(C(=O)NC2CCSc3ccc(F)cc32)c1[N+](=O)[O-]. The molecule has 1 amide bonds. The summed E-state index contributed by atoms with van der Waals surface area (Å²) in [5, 5.41) is 14.1. The van der Waals surface area contributed by atoms with Crippen LogP contribution >= 0.6 is 11.8 Å². The zero-order valence-electron chi connectivity index (χ0n) is 12.9. The van der Waals surface area contributed by atoms with Crippen molar-refractivity contribution >= 4 is 23.4 Å². The predicted octanol–water partition coefficient (Wildman–Crippen LogP) is 4.01. The quantitative estimate of drug-likeness (QED) is 0.673. The van der Waals surface area contributed by atoms with Gasteiger partial charge < -0.3 is 5.32 Å². The molecule has 7 heteroatoms. The van der Waals surface area contributed by atoms with Gasteiger partial charge >= 0.3 is 0 Å². The molecule has 1 heterocycles. The van der Waals surface area contributed by atoms with Crippen LogP contribution in [-0.4, -0.2) is 16.6 Å². The normalized spacial score (nSPS) is 16.3. The molecular formula is C17H15FN2O3S. The molecule has 124 valence electrons. The van der Waals surface area contributed by atoms with E-state index in [-0.39, 0.29) is 23.1 Å². The summed E-state index contributed by atoms with van der Waals surface area (Å²) in [7, 11) is 0. The van der Waals surface area contributed by atoms with Crippen LogP contribution in [0, 0.1) is 22.9 Å². The van der Waals surface area contributed by atoms with E-state index in [0.717, 1.165) is 16.2 Å². The number of amides is 1. The smallest absolute Gasteiger partial charge is 0.285 e. The first-order valence-corrected chi connectivity index (χ1v) is 8.43. The van der Waals surface area contributed by atoms with E-state index in [1.54, 1.807) is 36.9 Å². The number of nitrogens with zero attached hydrogens (tertiary/aromatic N) is 1. The lowest BCUT2D eigenvalue weighted by atomic mass is 10.0. The number of thioether (sulfide) groups is 1. The van der Waals surface area contributed by atoms with Crippen molar-refractivity contribution in [2.45, 2.75) is 24.3 Å². The summed E-state index contributed by atoms with van der Waals surface area (Å²) < 4.78 is 13.5. The molecule has 0 fully saturated rings. The average Bonchev–Trinajstić information content (AvgIpc) is 2.54. The van der Waals surface area contributed by atoms with Crippen LogP contribution in [0.2, 0.25) is 0 Å². The Hall–Kier alpha value is -2.41. The van der Waals surface area contributed by atoms with Crippen molar-refractivity contribution in [1.29, 1.82) is 0 Å². The van der Waals surface area contributed by atoms with Gasteiger partial charge in [-0.15, -0.1) is 11.8 Å². The lowest BCUT2D eigenvalue weighted by Gasteiger charge is -2.26. The minimum Gasteiger partial charge on any atom is -0.345 e. The second-order valence-corrected chi connectivity index (χ2v) is 6.71. The molecule has 1 aliphatic rings. The maximum atomic E-state index is 13.5. The number of nitrogens with one attached hydrogen (secondary N) is 1. The number of carbonyl (C=O) groups is 1. The Morgan fingerprint density at radius 2 is 2.17 bits per heavy atom. The minimum atomic E-state index is -0.547. The van der Waals surface area contributed by atoms with Crippen LogP contribution < -0.4 is 5.32 Å². The molecule has 0 saturated carbocycles. The van der Waals surface area contributed by atoms with E-state index < -0.39 is 10.8 Å². The highest BCUT2D eigenvalue weighted by Gasteiger charge is 2.27. The number of benzene rings is 2. The molecule has 0 spiro atoms. The number of aryl methyl sites for hydroxylation is 1. The van der Waals surface area contributed by atoms with Gasteiger partial charge in [0, 0.05) is 16.2 Å². The summed E-state index contributed by atoms with van der Waals surface area (Å²) in [6.45, 7) is 1.59. The number of nitro benzene ring substituents is 1. The number of hydrogen-bond acceptors (Lipinski definition) is 4. The molecule has 3 rings (SSSR count). The highest BCUT2D eigenvalue weighted by Crippen LogP contribution is 2.37. The van der Waals surface area contributed by atoms with Gasteiger partial charge in [-0.2, -0.15) is 0 Å². The Balaban J connectivity index is 1.91. The number of halogens is 1. The Labute approximate surface area is 142 Å². The number of rotatable bonds is 3. The van der Waals surface area contributed by atoms with Crippen molar-refractivity contribution in [2.24, 2.45) is 0 Å². The van der Waals surface area contributed by atoms with Gasteiger partial charge in [0.05, 0.1) is 11.0 Å². The number of nitro groups is 1. The number of para-hydroxylation sites is 1. The third kappa shape index (κ3) is 3.12. The Kier molecular flexibility index (Phi) is 4.53. The van der Waals surface area contributed by atoms with Crippen molar-refractivity contribution in [2.75, 3.05) is 5.75 Å². The minimum absolute atomic E-state index is 0.0242. The van der Waals surface area contributed by atoms with E-state index >= 15 is 0 Å². The van der Waals surface area contributed by atoms with Crippen molar-refractivity contribution in [1.82, 2.24) is 5.32 Å². The van der Waals surface area contributed by atoms with Crippen LogP contribution in [0.1, 0.15) is 33.9 Å². The number of carbonyl (C=O) groups excluding carboxylic acids is 1. The standard InChI is InChI=1S/C17H15FN2O3S/c1-10-3-2-4-12(16(10)20(22)23)17(21)19-14-7-8-24-15-6-5-11(18)9-13(14)15/h2-6,9,14H,7-8H2,1H3,(H,19,21). The molecule has 2 aromatic rings. The largest absolute Gasteiger partial charge is 0.345 e. The molecule has 24 heavy (non-hydrogen) atoms. The predicted molar refractivity (Wildman–Crippen MR) is 89.8 cm³/mol. The van der Waals surface area contributed by atoms with Gasteiger partial charge in [0.2, 0.25) is 0 Å². The molecule has 0 bridgehead atoms. The van der Waals surface area contributed by atoms with Crippen LogP contribution in [0.4, 0.5) is 10.1 Å². The molecule has 1 unspecified atom stereocenters. The Morgan fingerprint density at radius 3 is 2.92 bits per heavy atom. The lowest BCUT2D eigenvalue weighted by Crippen LogP contribution is -2.31. The van der Waals surface area contributed by atoms with Gasteiger partial charge in [-0.1, -0.05) is 12.1 Å². The highest BCUT2D eigenvalue weighted by molar-refractivity contribution is 7.99. The molecule has 0 aliphatic carbocycles. The molecular weight excluding hydrogens is 331 g/mol. The first kappa shape index (κ1) is 16.4. The average molecular weight is 346 g/mol. The van der Waals surface area contributed by atoms with Gasteiger partial charge in [0.25, 0.3) is 11.6 Å². The van der Waals surface area contributed by atoms with Crippen molar-refractivity contribution < 1.29 is 14.1 Å². The summed E-state index contributed by atoms with van der Waals surface area (Å²) in [6.07, 6.45) is 0.645. The highest BCUT2D eigenvalue weighted by atomic mass is 32.2. The zero-order chi connectivity index (χ0) is 17.3. The monoisotopic (exact) mass is 346 g/mol. The van der Waals surface area contributed by atoms with E-state index in [4.69, 9.17) is 0 Å². The first-order valence-electron chi connectivity index (χ1n) is 7.44. The maximum Gasteiger partial charge on any atom is 0.285 e. The number of hydrogen-bond donors (Lipinski definition) is 1. The van der Waals surface area contributed by atoms with Crippen molar-refractivity contribution in [3.8, 4) is 0 Å². The molecule has 0 saturated heterocycles. The molecule has 1 aliphatic heterocycles. The molecule has 1 atom stereocenters. The third-order valence-corrected chi connectivity index (χ3v) is 5.10. The third-order valence-electron chi connectivity index (χ3n) is 3.98. The van der Waals surface area contributed by atoms with E-state index in [1.165, 1.54) is 18.2 Å². The fourth-order valence-corrected chi connectivity index (χ4v) is 3.94. The van der Waals surface area contributed by atoms with E-state index in [9.17, 15) is 19.3 Å². The van der Waals surface area contributed by atoms with Crippen molar-refractivity contribution in [3.63, 3.8) is 0 Å². The van der Waals surface area contributed by atoms with Crippen LogP contribution in [0.15, 0.2) is 41.3 Å². The molecule has 1 N–H and O–H groups in total. The second-order valence-electron chi connectivity index (χ2n) is 5.57. The summed E-state index contributed by atoms with van der Waals surface area (Å²) in [5.41, 5.74) is 0.976. The zero-order valence-corrected chi connectivity index (χ0v) is 13.7. The molecule has 2 aromatic carbocycles. The second kappa shape index (κ2) is 6.60. The maximum absolute atomic E-state index is 13.5. The lowest BCUT2D eigenvalue weighted by molar-refractivity contribution is -0.385. The van der Waals surface area contributed by atoms with E-state index in [0.29, 0.717) is 12.0 Å². The van der Waals surface area contributed by atoms with Crippen LogP contribution in [0.5, 0.6) is 0 Å². The first-order chi connectivity index (χ1) is 11.5. The van der Waals surface area contributed by atoms with E-state index in [1.807, 2.05) is 0 Å². The van der Waals surface area contributed by atoms with Crippen LogP contribution in [-0.2, 0) is 0 Å². The summed E-state index contributed by atoms with van der Waals surface area (Å²) >= 11 is 1.61. The van der Waals surface area contributed by atoms with Gasteiger partial charge in [0.15, 0.2) is 0 Å². The summed E-state index contributed by atoms with van der Waals surface area (Å²) in [4.78, 5) is 24.2. The van der Waals surface area contributed by atoms with Crippen molar-refractivity contribution in [3.05, 3.63) is 69.0 Å². The fourth-order valence-electron chi connectivity index (χ4n) is 2.84. The molecule has 0 aromatic heterocycles. The topological polar surface area (TPSA) is 72.2 Å². The van der Waals surface area contributed by atoms with Gasteiger partial charge in [-0.3, -0.25) is 14.9 Å². The van der Waals surface area contributed by atoms with Gasteiger partial charge in [0.1, 0.15) is 11.4 Å². The molecule has 5 nitrogen and oxygen atoms in total. The fraction of sp³-hybridized carbons (Fsp3) is 0.235. The van der Waals surface area contributed by atoms with E-state index in [2.05, 4.69) is 5.32 Å². The molecule has 0 radical (unpaired) electrons. The van der Waals surface area contributed by atoms with Gasteiger partial charge in [-0.25, -0.2) is 4.39 Å². The Morgan fingerprint density at radius 1 is 1.38 bits per heavy atom. The Bertz CT molecular complexity index is 825.